The average Bonchev–Trinajstić information content (AvgIpc) is 2.80. The fraction of sp³-hybridized carbons (Fsp3) is 0.412. The monoisotopic (exact) mass is 281 g/mol. The molecule has 1 saturated carbocycles. The number of aliphatic hydroxyl groups excluding tert-OH is 1. The van der Waals surface area contributed by atoms with Gasteiger partial charge in [0.05, 0.1) is 11.6 Å². The zero-order valence-electron chi connectivity index (χ0n) is 11.0. The second-order valence-corrected chi connectivity index (χ2v) is 7.83. The molecule has 2 aromatic rings. The van der Waals surface area contributed by atoms with E-state index in [4.69, 9.17) is 0 Å². The molecular formula is C17H15NOS. The van der Waals surface area contributed by atoms with Gasteiger partial charge in [-0.3, -0.25) is 4.90 Å². The number of benzene rings is 1. The summed E-state index contributed by atoms with van der Waals surface area (Å²) in [6.45, 7) is 1.09. The van der Waals surface area contributed by atoms with Crippen molar-refractivity contribution < 1.29 is 5.11 Å². The van der Waals surface area contributed by atoms with Crippen molar-refractivity contribution in [2.24, 2.45) is 0 Å². The molecule has 2 fully saturated rings. The van der Waals surface area contributed by atoms with E-state index in [1.54, 1.807) is 10.4 Å². The summed E-state index contributed by atoms with van der Waals surface area (Å²) in [7, 11) is 0. The van der Waals surface area contributed by atoms with Gasteiger partial charge in [-0.25, -0.2) is 0 Å². The van der Waals surface area contributed by atoms with Gasteiger partial charge in [0.1, 0.15) is 0 Å². The zero-order chi connectivity index (χ0) is 13.1. The Hall–Kier alpha value is -1.16. The van der Waals surface area contributed by atoms with Crippen molar-refractivity contribution >= 4 is 21.4 Å². The molecule has 2 nitrogen and oxygen atoms in total. The number of hydrogen-bond donors (Lipinski definition) is 1. The molecule has 0 amide bonds. The predicted molar refractivity (Wildman–Crippen MR) is 79.9 cm³/mol. The van der Waals surface area contributed by atoms with Crippen LogP contribution in [0, 0.1) is 0 Å². The number of hydrogen-bond acceptors (Lipinski definition) is 3. The van der Waals surface area contributed by atoms with Crippen molar-refractivity contribution in [2.75, 3.05) is 0 Å². The van der Waals surface area contributed by atoms with E-state index < -0.39 is 0 Å². The lowest BCUT2D eigenvalue weighted by Crippen LogP contribution is -2.57. The van der Waals surface area contributed by atoms with Gasteiger partial charge in [-0.1, -0.05) is 30.4 Å². The second-order valence-electron chi connectivity index (χ2n) is 6.78. The molecule has 3 heteroatoms. The highest BCUT2D eigenvalue weighted by Crippen LogP contribution is 2.76. The topological polar surface area (TPSA) is 23.2 Å². The van der Waals surface area contributed by atoms with Crippen LogP contribution in [0.2, 0.25) is 0 Å². The number of rotatable bonds is 0. The molecule has 3 heterocycles. The lowest BCUT2D eigenvalue weighted by Gasteiger charge is -2.50. The first-order valence-corrected chi connectivity index (χ1v) is 8.23. The molecule has 2 aliphatic carbocycles. The van der Waals surface area contributed by atoms with Crippen LogP contribution in [0.25, 0.3) is 10.1 Å². The molecule has 100 valence electrons. The third-order valence-corrected chi connectivity index (χ3v) is 7.61. The van der Waals surface area contributed by atoms with E-state index in [9.17, 15) is 5.11 Å². The van der Waals surface area contributed by atoms with E-state index in [0.29, 0.717) is 0 Å². The normalized spacial score (nSPS) is 46.4. The third-order valence-electron chi connectivity index (χ3n) is 6.22. The van der Waals surface area contributed by atoms with Crippen LogP contribution in [0.5, 0.6) is 0 Å². The van der Waals surface area contributed by atoms with E-state index in [1.165, 1.54) is 16.5 Å². The Kier molecular flexibility index (Phi) is 1.52. The summed E-state index contributed by atoms with van der Waals surface area (Å²) in [5.74, 6) is 0. The Morgan fingerprint density at radius 2 is 2.15 bits per heavy atom. The molecule has 1 aromatic carbocycles. The van der Waals surface area contributed by atoms with Crippen LogP contribution >= 0.6 is 11.3 Å². The molecule has 1 aromatic heterocycles. The third kappa shape index (κ3) is 0.842. The van der Waals surface area contributed by atoms with Gasteiger partial charge >= 0.3 is 0 Å². The van der Waals surface area contributed by atoms with Crippen LogP contribution < -0.4 is 0 Å². The number of nitrogens with zero attached hydrogens (tertiary/aromatic N) is 1. The summed E-state index contributed by atoms with van der Waals surface area (Å²) >= 11 is 1.99. The van der Waals surface area contributed by atoms with E-state index in [1.807, 2.05) is 17.4 Å². The molecule has 1 spiro atoms. The van der Waals surface area contributed by atoms with Gasteiger partial charge in [-0.15, -0.1) is 11.3 Å². The van der Waals surface area contributed by atoms with Crippen LogP contribution in [0.15, 0.2) is 36.4 Å². The van der Waals surface area contributed by atoms with Crippen LogP contribution in [0.3, 0.4) is 0 Å². The summed E-state index contributed by atoms with van der Waals surface area (Å²) < 4.78 is 1.42. The Bertz CT molecular complexity index is 808. The van der Waals surface area contributed by atoms with Crippen molar-refractivity contribution in [1.82, 2.24) is 4.90 Å². The first-order chi connectivity index (χ1) is 9.76. The summed E-state index contributed by atoms with van der Waals surface area (Å²) in [4.78, 5) is 4.24. The fourth-order valence-electron chi connectivity index (χ4n) is 5.35. The van der Waals surface area contributed by atoms with Crippen molar-refractivity contribution in [3.05, 3.63) is 46.9 Å². The minimum absolute atomic E-state index is 0.216. The SMILES string of the molecule is O[C@@H]1C=C[C@]23CC4N(Cc5c2sc2ccccc52)C43C1. The fourth-order valence-corrected chi connectivity index (χ4v) is 6.83. The maximum absolute atomic E-state index is 10.1. The lowest BCUT2D eigenvalue weighted by molar-refractivity contribution is 0.114. The highest BCUT2D eigenvalue weighted by molar-refractivity contribution is 7.19. The largest absolute Gasteiger partial charge is 0.389 e. The first kappa shape index (κ1) is 10.6. The van der Waals surface area contributed by atoms with Crippen molar-refractivity contribution in [1.29, 1.82) is 0 Å². The van der Waals surface area contributed by atoms with Crippen molar-refractivity contribution in [3.8, 4) is 0 Å². The lowest BCUT2D eigenvalue weighted by atomic mass is 9.54. The Balaban J connectivity index is 1.70. The molecular weight excluding hydrogens is 266 g/mol. The molecule has 2 aliphatic heterocycles. The molecule has 0 bridgehead atoms. The van der Waals surface area contributed by atoms with Gasteiger partial charge in [0.15, 0.2) is 0 Å². The standard InChI is InChI=1S/C17H15NOS/c19-10-5-6-16-8-14-17(16,7-10)18(14)9-12-11-3-1-2-4-13(11)20-15(12)16/h1-6,10,14,19H,7-9H2/t10-,14?,16+,17?,18?/m1/s1. The molecule has 6 rings (SSSR count). The zero-order valence-corrected chi connectivity index (χ0v) is 11.9. The minimum atomic E-state index is -0.244. The molecule has 5 atom stereocenters. The summed E-state index contributed by atoms with van der Waals surface area (Å²) in [6.07, 6.45) is 6.33. The smallest absolute Gasteiger partial charge is 0.0740 e. The summed E-state index contributed by atoms with van der Waals surface area (Å²) in [6, 6.07) is 9.54. The summed E-state index contributed by atoms with van der Waals surface area (Å²) in [5.41, 5.74) is 2.05. The Labute approximate surface area is 121 Å². The van der Waals surface area contributed by atoms with Crippen molar-refractivity contribution in [3.63, 3.8) is 0 Å². The van der Waals surface area contributed by atoms with Gasteiger partial charge in [0.2, 0.25) is 0 Å². The van der Waals surface area contributed by atoms with Gasteiger partial charge in [0.25, 0.3) is 0 Å². The van der Waals surface area contributed by atoms with E-state index >= 15 is 0 Å². The Morgan fingerprint density at radius 3 is 3.10 bits per heavy atom. The minimum Gasteiger partial charge on any atom is -0.389 e. The second kappa shape index (κ2) is 2.89. The average molecular weight is 281 g/mol. The van der Waals surface area contributed by atoms with Gasteiger partial charge in [0, 0.05) is 27.6 Å². The van der Waals surface area contributed by atoms with Crippen LogP contribution in [0.1, 0.15) is 23.3 Å². The van der Waals surface area contributed by atoms with Crippen LogP contribution in [-0.2, 0) is 12.0 Å². The van der Waals surface area contributed by atoms with E-state index in [2.05, 4.69) is 35.2 Å². The molecule has 3 unspecified atom stereocenters. The first-order valence-electron chi connectivity index (χ1n) is 7.41. The van der Waals surface area contributed by atoms with E-state index in [0.717, 1.165) is 19.0 Å². The van der Waals surface area contributed by atoms with Gasteiger partial charge in [-0.2, -0.15) is 0 Å². The molecule has 1 saturated heterocycles. The molecule has 20 heavy (non-hydrogen) atoms. The molecule has 4 aliphatic rings. The highest BCUT2D eigenvalue weighted by atomic mass is 32.1. The predicted octanol–water partition coefficient (Wildman–Crippen LogP) is 2.80. The van der Waals surface area contributed by atoms with Crippen LogP contribution in [-0.4, -0.2) is 27.7 Å². The maximum Gasteiger partial charge on any atom is 0.0740 e. The maximum atomic E-state index is 10.1. The van der Waals surface area contributed by atoms with Gasteiger partial charge < -0.3 is 5.11 Å². The quantitative estimate of drug-likeness (QED) is 0.593. The summed E-state index contributed by atoms with van der Waals surface area (Å²) in [5, 5.41) is 11.5. The number of fused-ring (bicyclic) bond motifs is 4. The number of thiophene rings is 1. The number of aliphatic hydroxyl groups is 1. The van der Waals surface area contributed by atoms with E-state index in [-0.39, 0.29) is 17.1 Å². The molecule has 1 N–H and O–H groups in total. The van der Waals surface area contributed by atoms with Crippen molar-refractivity contribution in [2.45, 2.75) is 42.5 Å². The van der Waals surface area contributed by atoms with Crippen LogP contribution in [0.4, 0.5) is 0 Å². The molecule has 0 radical (unpaired) electrons. The highest BCUT2D eigenvalue weighted by Gasteiger charge is 2.84. The van der Waals surface area contributed by atoms with Gasteiger partial charge in [-0.05, 0) is 29.9 Å². The Morgan fingerprint density at radius 1 is 1.25 bits per heavy atom.